The van der Waals surface area contributed by atoms with Crippen LogP contribution < -0.4 is 10.2 Å². The highest BCUT2D eigenvalue weighted by Gasteiger charge is 2.29. The fraction of sp³-hybridized carbons (Fsp3) is 0.412. The Morgan fingerprint density at radius 2 is 2.00 bits per heavy atom. The van der Waals surface area contributed by atoms with Crippen molar-refractivity contribution in [2.75, 3.05) is 38.8 Å². The van der Waals surface area contributed by atoms with E-state index in [9.17, 15) is 4.79 Å². The first-order valence-corrected chi connectivity index (χ1v) is 8.13. The maximum atomic E-state index is 12.4. The lowest BCUT2D eigenvalue weighted by molar-refractivity contribution is -0.122. The van der Waals surface area contributed by atoms with Gasteiger partial charge in [0.15, 0.2) is 5.11 Å². The highest BCUT2D eigenvalue weighted by molar-refractivity contribution is 7.80. The van der Waals surface area contributed by atoms with E-state index >= 15 is 0 Å². The van der Waals surface area contributed by atoms with Crippen LogP contribution in [0.15, 0.2) is 30.0 Å². The van der Waals surface area contributed by atoms with Gasteiger partial charge in [-0.05, 0) is 49.3 Å². The molecular weight excluding hydrogens is 310 g/mol. The van der Waals surface area contributed by atoms with Gasteiger partial charge in [-0.15, -0.1) is 0 Å². The SMILES string of the molecule is CCOCCCN1C(=O)/C(=C\c2ccc(N(C)C)cc2)NC1=S. The van der Waals surface area contributed by atoms with E-state index in [1.165, 1.54) is 0 Å². The molecule has 0 bridgehead atoms. The zero-order valence-corrected chi connectivity index (χ0v) is 14.7. The van der Waals surface area contributed by atoms with Crippen LogP contribution in [0.3, 0.4) is 0 Å². The summed E-state index contributed by atoms with van der Waals surface area (Å²) in [4.78, 5) is 16.0. The first-order chi connectivity index (χ1) is 11.0. The van der Waals surface area contributed by atoms with Gasteiger partial charge in [-0.1, -0.05) is 12.1 Å². The fourth-order valence-corrected chi connectivity index (χ4v) is 2.56. The summed E-state index contributed by atoms with van der Waals surface area (Å²) in [6.45, 7) is 3.84. The summed E-state index contributed by atoms with van der Waals surface area (Å²) in [5.74, 6) is -0.0804. The van der Waals surface area contributed by atoms with Crippen LogP contribution in [0.25, 0.3) is 6.08 Å². The third kappa shape index (κ3) is 4.53. The number of nitrogens with zero attached hydrogens (tertiary/aromatic N) is 2. The second-order valence-corrected chi connectivity index (χ2v) is 5.87. The van der Waals surface area contributed by atoms with Crippen LogP contribution in [-0.2, 0) is 9.53 Å². The maximum absolute atomic E-state index is 12.4. The minimum atomic E-state index is -0.0804. The van der Waals surface area contributed by atoms with Crippen molar-refractivity contribution in [1.29, 1.82) is 0 Å². The number of anilines is 1. The van der Waals surface area contributed by atoms with Crippen molar-refractivity contribution in [1.82, 2.24) is 10.2 Å². The van der Waals surface area contributed by atoms with E-state index < -0.39 is 0 Å². The van der Waals surface area contributed by atoms with E-state index in [-0.39, 0.29) is 5.91 Å². The summed E-state index contributed by atoms with van der Waals surface area (Å²) in [5.41, 5.74) is 2.60. The minimum absolute atomic E-state index is 0.0804. The molecule has 1 aliphatic heterocycles. The lowest BCUT2D eigenvalue weighted by atomic mass is 10.1. The average molecular weight is 333 g/mol. The summed E-state index contributed by atoms with van der Waals surface area (Å²) in [7, 11) is 3.99. The van der Waals surface area contributed by atoms with Gasteiger partial charge in [-0.3, -0.25) is 9.69 Å². The molecule has 6 heteroatoms. The van der Waals surface area contributed by atoms with Gasteiger partial charge in [0, 0.05) is 39.5 Å². The van der Waals surface area contributed by atoms with Crippen molar-refractivity contribution in [3.63, 3.8) is 0 Å². The van der Waals surface area contributed by atoms with Gasteiger partial charge in [0.2, 0.25) is 0 Å². The molecule has 23 heavy (non-hydrogen) atoms. The van der Waals surface area contributed by atoms with Crippen LogP contribution >= 0.6 is 12.2 Å². The standard InChI is InChI=1S/C17H23N3O2S/c1-4-22-11-5-10-20-16(21)15(18-17(20)23)12-13-6-8-14(9-7-13)19(2)3/h6-9,12H,4-5,10-11H2,1-3H3,(H,18,23)/b15-12+. The quantitative estimate of drug-likeness (QED) is 0.471. The number of carbonyl (C=O) groups is 1. The first-order valence-electron chi connectivity index (χ1n) is 7.72. The van der Waals surface area contributed by atoms with Gasteiger partial charge in [0.1, 0.15) is 5.70 Å². The van der Waals surface area contributed by atoms with E-state index in [1.807, 2.05) is 56.3 Å². The molecule has 1 aliphatic rings. The summed E-state index contributed by atoms with van der Waals surface area (Å²) >= 11 is 5.25. The Morgan fingerprint density at radius 3 is 2.61 bits per heavy atom. The van der Waals surface area contributed by atoms with Gasteiger partial charge in [-0.25, -0.2) is 0 Å². The molecule has 1 amide bonds. The molecule has 1 heterocycles. The number of hydrogen-bond donors (Lipinski definition) is 1. The Bertz CT molecular complexity index is 596. The lowest BCUT2D eigenvalue weighted by Gasteiger charge is -2.13. The number of nitrogens with one attached hydrogen (secondary N) is 1. The third-order valence-electron chi connectivity index (χ3n) is 3.56. The zero-order chi connectivity index (χ0) is 16.8. The van der Waals surface area contributed by atoms with Crippen LogP contribution in [0, 0.1) is 0 Å². The molecule has 1 fully saturated rings. The van der Waals surface area contributed by atoms with Crippen LogP contribution in [0.2, 0.25) is 0 Å². The molecule has 1 aromatic rings. The molecule has 0 aliphatic carbocycles. The molecule has 1 N–H and O–H groups in total. The van der Waals surface area contributed by atoms with E-state index in [4.69, 9.17) is 17.0 Å². The number of amides is 1. The largest absolute Gasteiger partial charge is 0.382 e. The Hall–Kier alpha value is -1.92. The van der Waals surface area contributed by atoms with Crippen molar-refractivity contribution in [2.45, 2.75) is 13.3 Å². The molecule has 0 radical (unpaired) electrons. The summed E-state index contributed by atoms with van der Waals surface area (Å²) in [6, 6.07) is 8.00. The van der Waals surface area contributed by atoms with E-state index in [2.05, 4.69) is 5.32 Å². The summed E-state index contributed by atoms with van der Waals surface area (Å²) in [5, 5.41) is 3.46. The molecule has 5 nitrogen and oxygen atoms in total. The van der Waals surface area contributed by atoms with Crippen LogP contribution in [0.4, 0.5) is 5.69 Å². The third-order valence-corrected chi connectivity index (χ3v) is 3.88. The number of hydrogen-bond acceptors (Lipinski definition) is 4. The Kier molecular flexibility index (Phi) is 6.12. The Morgan fingerprint density at radius 1 is 1.30 bits per heavy atom. The lowest BCUT2D eigenvalue weighted by Crippen LogP contribution is -2.32. The second kappa shape index (κ2) is 8.08. The van der Waals surface area contributed by atoms with Crippen LogP contribution in [0.1, 0.15) is 18.9 Å². The molecule has 1 aromatic carbocycles. The van der Waals surface area contributed by atoms with Crippen molar-refractivity contribution >= 4 is 35.0 Å². The minimum Gasteiger partial charge on any atom is -0.382 e. The Balaban J connectivity index is 2.03. The molecule has 1 saturated heterocycles. The Labute approximate surface area is 142 Å². The molecule has 0 spiro atoms. The maximum Gasteiger partial charge on any atom is 0.276 e. The van der Waals surface area contributed by atoms with Gasteiger partial charge in [-0.2, -0.15) is 0 Å². The number of ether oxygens (including phenoxy) is 1. The number of rotatable bonds is 7. The van der Waals surface area contributed by atoms with Crippen molar-refractivity contribution < 1.29 is 9.53 Å². The van der Waals surface area contributed by atoms with Crippen LogP contribution in [-0.4, -0.2) is 49.8 Å². The molecule has 0 atom stereocenters. The first kappa shape index (κ1) is 17.4. The monoisotopic (exact) mass is 333 g/mol. The number of benzene rings is 1. The van der Waals surface area contributed by atoms with Gasteiger partial charge in [0.25, 0.3) is 5.91 Å². The van der Waals surface area contributed by atoms with E-state index in [0.717, 1.165) is 17.7 Å². The predicted octanol–water partition coefficient (Wildman–Crippen LogP) is 2.24. The molecular formula is C17H23N3O2S. The number of carbonyl (C=O) groups excluding carboxylic acids is 1. The summed E-state index contributed by atoms with van der Waals surface area (Å²) < 4.78 is 5.30. The van der Waals surface area contributed by atoms with Gasteiger partial charge >= 0.3 is 0 Å². The molecule has 2 rings (SSSR count). The van der Waals surface area contributed by atoms with E-state index in [1.54, 1.807) is 4.90 Å². The molecule has 0 aromatic heterocycles. The predicted molar refractivity (Wildman–Crippen MR) is 97.3 cm³/mol. The van der Waals surface area contributed by atoms with Crippen LogP contribution in [0.5, 0.6) is 0 Å². The molecule has 0 saturated carbocycles. The zero-order valence-electron chi connectivity index (χ0n) is 13.8. The highest BCUT2D eigenvalue weighted by Crippen LogP contribution is 2.17. The molecule has 0 unspecified atom stereocenters. The fourth-order valence-electron chi connectivity index (χ4n) is 2.28. The van der Waals surface area contributed by atoms with Crippen molar-refractivity contribution in [3.05, 3.63) is 35.5 Å². The average Bonchev–Trinajstić information content (AvgIpc) is 2.79. The highest BCUT2D eigenvalue weighted by atomic mass is 32.1. The van der Waals surface area contributed by atoms with Crippen molar-refractivity contribution in [2.24, 2.45) is 0 Å². The molecule has 124 valence electrons. The summed E-state index contributed by atoms with van der Waals surface area (Å²) in [6.07, 6.45) is 2.60. The van der Waals surface area contributed by atoms with E-state index in [0.29, 0.717) is 30.6 Å². The van der Waals surface area contributed by atoms with Gasteiger partial charge in [0.05, 0.1) is 0 Å². The topological polar surface area (TPSA) is 44.8 Å². The van der Waals surface area contributed by atoms with Crippen molar-refractivity contribution in [3.8, 4) is 0 Å². The normalized spacial score (nSPS) is 16.1. The smallest absolute Gasteiger partial charge is 0.276 e. The second-order valence-electron chi connectivity index (χ2n) is 5.48. The van der Waals surface area contributed by atoms with Gasteiger partial charge < -0.3 is 15.0 Å². The number of thiocarbonyl (C=S) groups is 1.